The highest BCUT2D eigenvalue weighted by atomic mass is 16.5. The summed E-state index contributed by atoms with van der Waals surface area (Å²) in [6.07, 6.45) is 0. The molecular formula is C26H23N3O4. The van der Waals surface area contributed by atoms with E-state index in [1.54, 1.807) is 30.9 Å². The van der Waals surface area contributed by atoms with Gasteiger partial charge in [-0.2, -0.15) is 0 Å². The second-order valence-corrected chi connectivity index (χ2v) is 7.84. The van der Waals surface area contributed by atoms with E-state index in [2.05, 4.69) is 0 Å². The number of methoxy groups -OCH3 is 2. The van der Waals surface area contributed by atoms with Crippen molar-refractivity contribution in [2.75, 3.05) is 14.2 Å². The number of hydrogen-bond acceptors (Lipinski definition) is 4. The quantitative estimate of drug-likeness (QED) is 0.417. The molecule has 0 atom stereocenters. The molecule has 7 heteroatoms. The first-order valence-corrected chi connectivity index (χ1v) is 10.5. The lowest BCUT2D eigenvalue weighted by atomic mass is 10.2. The third-order valence-corrected chi connectivity index (χ3v) is 5.97. The monoisotopic (exact) mass is 441 g/mol. The van der Waals surface area contributed by atoms with Crippen LogP contribution in [-0.4, -0.2) is 27.9 Å². The zero-order chi connectivity index (χ0) is 23.1. The average Bonchev–Trinajstić information content (AvgIpc) is 3.14. The summed E-state index contributed by atoms with van der Waals surface area (Å²) in [5.74, 6) is 1.36. The van der Waals surface area contributed by atoms with E-state index in [1.807, 2.05) is 72.3 Å². The molecule has 2 heterocycles. The Hall–Kier alpha value is -4.26. The van der Waals surface area contributed by atoms with E-state index >= 15 is 0 Å². The van der Waals surface area contributed by atoms with Gasteiger partial charge in [-0.1, -0.05) is 30.3 Å². The van der Waals surface area contributed by atoms with Gasteiger partial charge in [-0.3, -0.25) is 9.36 Å². The van der Waals surface area contributed by atoms with Crippen LogP contribution < -0.4 is 20.7 Å². The molecule has 2 aromatic heterocycles. The first-order chi connectivity index (χ1) is 16.0. The van der Waals surface area contributed by atoms with Crippen LogP contribution in [0.25, 0.3) is 27.6 Å². The molecule has 0 aliphatic carbocycles. The summed E-state index contributed by atoms with van der Waals surface area (Å²) >= 11 is 0. The number of ether oxygens (including phenoxy) is 2. The molecule has 0 N–H and O–H groups in total. The maximum absolute atomic E-state index is 13.8. The summed E-state index contributed by atoms with van der Waals surface area (Å²) in [4.78, 5) is 27.5. The summed E-state index contributed by atoms with van der Waals surface area (Å²) in [5, 5.41) is 0.782. The molecule has 33 heavy (non-hydrogen) atoms. The van der Waals surface area contributed by atoms with Crippen LogP contribution in [0, 0.1) is 0 Å². The van der Waals surface area contributed by atoms with Crippen molar-refractivity contribution in [3.63, 3.8) is 0 Å². The predicted octanol–water partition coefficient (Wildman–Crippen LogP) is 3.71. The van der Waals surface area contributed by atoms with Crippen LogP contribution in [0.15, 0.2) is 82.4 Å². The summed E-state index contributed by atoms with van der Waals surface area (Å²) in [7, 11) is 5.04. The van der Waals surface area contributed by atoms with Gasteiger partial charge in [0.05, 0.1) is 37.5 Å². The molecule has 7 nitrogen and oxygen atoms in total. The normalized spacial score (nSPS) is 11.2. The standard InChI is InChI=1S/C26H23N3O4/c1-27-22-13-12-20(33-3)15-21(22)23-24(27)25(30)29(18-9-5-4-6-10-18)26(31)28(23)16-17-8-7-11-19(14-17)32-2/h4-15H,16H2,1-3H3. The van der Waals surface area contributed by atoms with Gasteiger partial charge in [-0.05, 0) is 48.0 Å². The lowest BCUT2D eigenvalue weighted by Crippen LogP contribution is -2.39. The van der Waals surface area contributed by atoms with Crippen molar-refractivity contribution in [1.29, 1.82) is 0 Å². The van der Waals surface area contributed by atoms with Crippen LogP contribution in [0.5, 0.6) is 11.5 Å². The van der Waals surface area contributed by atoms with E-state index in [4.69, 9.17) is 9.47 Å². The Morgan fingerprint density at radius 2 is 1.52 bits per heavy atom. The van der Waals surface area contributed by atoms with E-state index in [-0.39, 0.29) is 12.1 Å². The maximum Gasteiger partial charge on any atom is 0.336 e. The number of rotatable bonds is 5. The minimum absolute atomic E-state index is 0.274. The number of aryl methyl sites for hydroxylation is 1. The molecule has 5 aromatic rings. The van der Waals surface area contributed by atoms with Crippen molar-refractivity contribution >= 4 is 21.9 Å². The Morgan fingerprint density at radius 1 is 0.788 bits per heavy atom. The number of nitrogens with zero attached hydrogens (tertiary/aromatic N) is 3. The highest BCUT2D eigenvalue weighted by Crippen LogP contribution is 2.29. The minimum Gasteiger partial charge on any atom is -0.497 e. The van der Waals surface area contributed by atoms with Crippen LogP contribution in [0.1, 0.15) is 5.56 Å². The van der Waals surface area contributed by atoms with Gasteiger partial charge in [0, 0.05) is 12.4 Å². The Bertz CT molecular complexity index is 1610. The molecule has 0 aliphatic heterocycles. The summed E-state index contributed by atoms with van der Waals surface area (Å²) < 4.78 is 15.5. The van der Waals surface area contributed by atoms with E-state index in [0.29, 0.717) is 28.2 Å². The minimum atomic E-state index is -0.406. The predicted molar refractivity (Wildman–Crippen MR) is 129 cm³/mol. The Balaban J connectivity index is 1.92. The van der Waals surface area contributed by atoms with E-state index in [1.165, 1.54) is 4.57 Å². The lowest BCUT2D eigenvalue weighted by Gasteiger charge is -2.14. The molecule has 166 valence electrons. The smallest absolute Gasteiger partial charge is 0.336 e. The summed E-state index contributed by atoms with van der Waals surface area (Å²) in [6.45, 7) is 0.274. The second kappa shape index (κ2) is 8.02. The molecule has 0 spiro atoms. The molecule has 0 fully saturated rings. The van der Waals surface area contributed by atoms with Crippen molar-refractivity contribution in [1.82, 2.24) is 13.7 Å². The van der Waals surface area contributed by atoms with Crippen LogP contribution in [0.4, 0.5) is 0 Å². The van der Waals surface area contributed by atoms with Gasteiger partial charge in [0.2, 0.25) is 0 Å². The fraction of sp³-hybridized carbons (Fsp3) is 0.154. The van der Waals surface area contributed by atoms with Crippen molar-refractivity contribution in [2.24, 2.45) is 7.05 Å². The topological polar surface area (TPSA) is 67.4 Å². The Labute approximate surface area is 189 Å². The summed E-state index contributed by atoms with van der Waals surface area (Å²) in [5.41, 5.74) is 2.51. The highest BCUT2D eigenvalue weighted by molar-refractivity contribution is 6.06. The largest absolute Gasteiger partial charge is 0.497 e. The van der Waals surface area contributed by atoms with Gasteiger partial charge in [0.25, 0.3) is 5.56 Å². The zero-order valence-corrected chi connectivity index (χ0v) is 18.6. The number of benzene rings is 3. The number of hydrogen-bond donors (Lipinski definition) is 0. The van der Waals surface area contributed by atoms with Gasteiger partial charge < -0.3 is 14.0 Å². The molecule has 0 unspecified atom stereocenters. The van der Waals surface area contributed by atoms with Crippen LogP contribution >= 0.6 is 0 Å². The molecule has 0 amide bonds. The third kappa shape index (κ3) is 3.29. The average molecular weight is 441 g/mol. The van der Waals surface area contributed by atoms with Gasteiger partial charge in [0.1, 0.15) is 17.0 Å². The fourth-order valence-electron chi connectivity index (χ4n) is 4.36. The van der Waals surface area contributed by atoms with Crippen molar-refractivity contribution in [2.45, 2.75) is 6.54 Å². The van der Waals surface area contributed by atoms with Gasteiger partial charge in [-0.25, -0.2) is 9.36 Å². The van der Waals surface area contributed by atoms with Crippen LogP contribution in [-0.2, 0) is 13.6 Å². The number of para-hydroxylation sites is 1. The molecule has 0 saturated heterocycles. The molecule has 0 radical (unpaired) electrons. The van der Waals surface area contributed by atoms with Crippen molar-refractivity contribution in [3.05, 3.63) is 99.2 Å². The van der Waals surface area contributed by atoms with Crippen molar-refractivity contribution in [3.8, 4) is 17.2 Å². The van der Waals surface area contributed by atoms with Crippen LogP contribution in [0.3, 0.4) is 0 Å². The van der Waals surface area contributed by atoms with Crippen molar-refractivity contribution < 1.29 is 9.47 Å². The third-order valence-electron chi connectivity index (χ3n) is 5.97. The van der Waals surface area contributed by atoms with Gasteiger partial charge in [0.15, 0.2) is 0 Å². The SMILES string of the molecule is COc1cccc(Cn2c(=O)n(-c3ccccc3)c(=O)c3c2c2cc(OC)ccc2n3C)c1. The Morgan fingerprint density at radius 3 is 2.24 bits per heavy atom. The first-order valence-electron chi connectivity index (χ1n) is 10.5. The zero-order valence-electron chi connectivity index (χ0n) is 18.6. The van der Waals surface area contributed by atoms with E-state index in [0.717, 1.165) is 16.5 Å². The molecule has 3 aromatic carbocycles. The van der Waals surface area contributed by atoms with E-state index < -0.39 is 5.69 Å². The fourth-order valence-corrected chi connectivity index (χ4v) is 4.36. The number of fused-ring (bicyclic) bond motifs is 3. The maximum atomic E-state index is 13.8. The highest BCUT2D eigenvalue weighted by Gasteiger charge is 2.21. The second-order valence-electron chi connectivity index (χ2n) is 7.84. The first kappa shape index (κ1) is 20.6. The molecule has 0 aliphatic rings. The number of aromatic nitrogens is 3. The van der Waals surface area contributed by atoms with Crippen LogP contribution in [0.2, 0.25) is 0 Å². The molecule has 5 rings (SSSR count). The van der Waals surface area contributed by atoms with E-state index in [9.17, 15) is 9.59 Å². The molecular weight excluding hydrogens is 418 g/mol. The lowest BCUT2D eigenvalue weighted by molar-refractivity contribution is 0.414. The van der Waals surface area contributed by atoms with Gasteiger partial charge in [-0.15, -0.1) is 0 Å². The summed E-state index contributed by atoms with van der Waals surface area (Å²) in [6, 6.07) is 22.2. The Kier molecular flexibility index (Phi) is 5.01. The van der Waals surface area contributed by atoms with Gasteiger partial charge >= 0.3 is 5.69 Å². The molecule has 0 saturated carbocycles. The molecule has 0 bridgehead atoms.